The zero-order chi connectivity index (χ0) is 9.23. The van der Waals surface area contributed by atoms with E-state index in [9.17, 15) is 0 Å². The summed E-state index contributed by atoms with van der Waals surface area (Å²) in [4.78, 5) is 0. The molecule has 0 aliphatic carbocycles. The first-order chi connectivity index (χ1) is 5.85. The van der Waals surface area contributed by atoms with E-state index in [1.807, 2.05) is 0 Å². The van der Waals surface area contributed by atoms with Crippen molar-refractivity contribution in [3.63, 3.8) is 0 Å². The van der Waals surface area contributed by atoms with Crippen molar-refractivity contribution in [1.29, 1.82) is 0 Å². The van der Waals surface area contributed by atoms with E-state index in [1.165, 1.54) is 30.2 Å². The van der Waals surface area contributed by atoms with Gasteiger partial charge in [-0.3, -0.25) is 0 Å². The average molecular weight is 283 g/mol. The van der Waals surface area contributed by atoms with Crippen LogP contribution in [0.5, 0.6) is 0 Å². The van der Waals surface area contributed by atoms with Crippen molar-refractivity contribution < 1.29 is 0 Å². The summed E-state index contributed by atoms with van der Waals surface area (Å²) < 4.78 is 4.54. The molecule has 0 rings (SSSR count). The summed E-state index contributed by atoms with van der Waals surface area (Å²) in [6.45, 7) is 8.45. The second-order valence-electron chi connectivity index (χ2n) is 3.18. The molecule has 0 amide bonds. The maximum atomic E-state index is 3.86. The molecule has 0 aliphatic heterocycles. The van der Waals surface area contributed by atoms with E-state index in [0.717, 1.165) is 0 Å². The second kappa shape index (κ2) is 9.62. The van der Waals surface area contributed by atoms with Crippen LogP contribution in [0.1, 0.15) is 39.5 Å². The van der Waals surface area contributed by atoms with Crippen LogP contribution in [0.2, 0.25) is 13.4 Å². The molecule has 1 heteroatoms. The van der Waals surface area contributed by atoms with Crippen LogP contribution in [0.3, 0.4) is 0 Å². The van der Waals surface area contributed by atoms with Gasteiger partial charge in [0, 0.05) is 0 Å². The van der Waals surface area contributed by atoms with Gasteiger partial charge in [0.05, 0.1) is 0 Å². The van der Waals surface area contributed by atoms with Crippen LogP contribution >= 0.6 is 0 Å². The van der Waals surface area contributed by atoms with Crippen molar-refractivity contribution in [2.45, 2.75) is 52.9 Å². The Morgan fingerprint density at radius 1 is 1.08 bits per heavy atom. The van der Waals surface area contributed by atoms with Crippen molar-refractivity contribution in [2.24, 2.45) is 0 Å². The van der Waals surface area contributed by atoms with Crippen LogP contribution in [-0.2, 0) is 0 Å². The Labute approximate surface area is 85.1 Å². The van der Waals surface area contributed by atoms with E-state index >= 15 is 0 Å². The Balaban J connectivity index is 3.46. The molecule has 0 fully saturated rings. The summed E-state index contributed by atoms with van der Waals surface area (Å²) in [5.74, 6) is 0. The molecule has 0 aromatic carbocycles. The Hall–Kier alpha value is 0.530. The molecule has 0 saturated carbocycles. The van der Waals surface area contributed by atoms with E-state index in [2.05, 4.69) is 26.5 Å². The maximum absolute atomic E-state index is 3.86. The summed E-state index contributed by atoms with van der Waals surface area (Å²) in [5.41, 5.74) is 0. The van der Waals surface area contributed by atoms with Gasteiger partial charge in [-0.25, -0.2) is 0 Å². The van der Waals surface area contributed by atoms with Gasteiger partial charge in [-0.15, -0.1) is 0 Å². The topological polar surface area (TPSA) is 0 Å². The van der Waals surface area contributed by atoms with Gasteiger partial charge in [0.1, 0.15) is 0 Å². The molecule has 0 radical (unpaired) electrons. The fraction of sp³-hybridized carbons (Fsp3) is 0.818. The first kappa shape index (κ1) is 12.5. The molecule has 0 atom stereocenters. The predicted octanol–water partition coefficient (Wildman–Crippen LogP) is 4.27. The van der Waals surface area contributed by atoms with E-state index in [4.69, 9.17) is 0 Å². The Kier molecular flexibility index (Phi) is 10.0. The summed E-state index contributed by atoms with van der Waals surface area (Å²) in [6, 6.07) is 0. The number of allylic oxidation sites excluding steroid dienone is 1. The van der Waals surface area contributed by atoms with Gasteiger partial charge >= 0.3 is 85.1 Å². The van der Waals surface area contributed by atoms with Crippen LogP contribution in [0, 0.1) is 0 Å². The van der Waals surface area contributed by atoms with Crippen molar-refractivity contribution >= 4 is 19.6 Å². The predicted molar refractivity (Wildman–Crippen MR) is 60.2 cm³/mol. The average Bonchev–Trinajstić information content (AvgIpc) is 2.10. The van der Waals surface area contributed by atoms with Crippen LogP contribution in [-0.4, -0.2) is 19.6 Å². The van der Waals surface area contributed by atoms with Crippen molar-refractivity contribution in [2.75, 3.05) is 0 Å². The van der Waals surface area contributed by atoms with E-state index in [-0.39, 0.29) is 0 Å². The SMILES string of the molecule is C=CC[Te+](CCCC)CCCC. The Bertz CT molecular complexity index is 91.2. The second-order valence-corrected chi connectivity index (χ2v) is 9.96. The number of hydrogen-bond acceptors (Lipinski definition) is 0. The fourth-order valence-electron chi connectivity index (χ4n) is 1.13. The standard InChI is InChI=1S/C11H23Te/c1-4-7-10-12(9-6-3)11-8-5-2/h6H,3-5,7-11H2,1-2H3/q+1. The first-order valence-electron chi connectivity index (χ1n) is 5.10. The van der Waals surface area contributed by atoms with Gasteiger partial charge < -0.3 is 0 Å². The van der Waals surface area contributed by atoms with Gasteiger partial charge in [0.2, 0.25) is 0 Å². The molecule has 0 bridgehead atoms. The Morgan fingerprint density at radius 3 is 1.92 bits per heavy atom. The third kappa shape index (κ3) is 7.19. The molecule has 0 unspecified atom stereocenters. The van der Waals surface area contributed by atoms with Gasteiger partial charge in [-0.1, -0.05) is 0 Å². The zero-order valence-electron chi connectivity index (χ0n) is 8.64. The van der Waals surface area contributed by atoms with E-state index in [0.29, 0.717) is 0 Å². The summed E-state index contributed by atoms with van der Waals surface area (Å²) in [7, 11) is 0. The molecule has 0 aromatic rings. The summed E-state index contributed by atoms with van der Waals surface area (Å²) in [5, 5.41) is 0. The quantitative estimate of drug-likeness (QED) is 0.461. The monoisotopic (exact) mass is 285 g/mol. The third-order valence-electron chi connectivity index (χ3n) is 1.93. The molecule has 0 saturated heterocycles. The molecule has 12 heavy (non-hydrogen) atoms. The molecule has 0 aliphatic rings. The van der Waals surface area contributed by atoms with Crippen molar-refractivity contribution in [3.05, 3.63) is 12.7 Å². The normalized spacial score (nSPS) is 10.6. The van der Waals surface area contributed by atoms with Crippen LogP contribution < -0.4 is 0 Å². The van der Waals surface area contributed by atoms with Crippen molar-refractivity contribution in [3.8, 4) is 0 Å². The summed E-state index contributed by atoms with van der Waals surface area (Å²) in [6.07, 6.45) is 7.84. The van der Waals surface area contributed by atoms with Crippen LogP contribution in [0.15, 0.2) is 12.7 Å². The molecule has 0 nitrogen and oxygen atoms in total. The van der Waals surface area contributed by atoms with Crippen LogP contribution in [0.4, 0.5) is 0 Å². The molecule has 0 aromatic heterocycles. The van der Waals surface area contributed by atoms with E-state index in [1.54, 1.807) is 8.94 Å². The van der Waals surface area contributed by atoms with Gasteiger partial charge in [-0.2, -0.15) is 0 Å². The van der Waals surface area contributed by atoms with Crippen molar-refractivity contribution in [1.82, 2.24) is 0 Å². The third-order valence-corrected chi connectivity index (χ3v) is 8.89. The molecular weight excluding hydrogens is 260 g/mol. The van der Waals surface area contributed by atoms with Crippen LogP contribution in [0.25, 0.3) is 0 Å². The molecule has 0 heterocycles. The van der Waals surface area contributed by atoms with Gasteiger partial charge in [0.15, 0.2) is 0 Å². The molecule has 72 valence electrons. The minimum absolute atomic E-state index is 0.680. The van der Waals surface area contributed by atoms with E-state index < -0.39 is 19.6 Å². The fourth-order valence-corrected chi connectivity index (χ4v) is 7.60. The Morgan fingerprint density at radius 2 is 1.58 bits per heavy atom. The molecule has 0 spiro atoms. The minimum atomic E-state index is -0.680. The summed E-state index contributed by atoms with van der Waals surface area (Å²) >= 11 is -0.680. The molecular formula is C11H23Te+. The number of unbranched alkanes of at least 4 members (excludes halogenated alkanes) is 2. The number of rotatable bonds is 8. The number of hydrogen-bond donors (Lipinski definition) is 0. The molecule has 0 N–H and O–H groups in total. The van der Waals surface area contributed by atoms with Gasteiger partial charge in [0.25, 0.3) is 0 Å². The first-order valence-corrected chi connectivity index (χ1v) is 10.0. The van der Waals surface area contributed by atoms with Gasteiger partial charge in [-0.05, 0) is 0 Å². The zero-order valence-corrected chi connectivity index (χ0v) is 11.0.